The van der Waals surface area contributed by atoms with Gasteiger partial charge in [-0.25, -0.2) is 5.43 Å². The molecule has 2 rings (SSSR count). The molecule has 0 radical (unpaired) electrons. The molecule has 5 nitrogen and oxygen atoms in total. The molecular weight excluding hydrogens is 218 g/mol. The van der Waals surface area contributed by atoms with Crippen LogP contribution in [0.1, 0.15) is 17.3 Å². The van der Waals surface area contributed by atoms with Crippen LogP contribution in [0.4, 0.5) is 0 Å². The predicted octanol–water partition coefficient (Wildman–Crippen LogP) is 1.88. The molecule has 0 unspecified atom stereocenters. The topological polar surface area (TPSA) is 66.5 Å². The van der Waals surface area contributed by atoms with Gasteiger partial charge in [0.05, 0.1) is 12.2 Å². The SMILES string of the molecule is CCO/C=N/NC(=O)c1c[nH]c2ccccc12. The van der Waals surface area contributed by atoms with E-state index in [4.69, 9.17) is 4.74 Å². The number of benzene rings is 1. The summed E-state index contributed by atoms with van der Waals surface area (Å²) in [6, 6.07) is 7.59. The monoisotopic (exact) mass is 231 g/mol. The van der Waals surface area contributed by atoms with Crippen molar-refractivity contribution in [3.63, 3.8) is 0 Å². The summed E-state index contributed by atoms with van der Waals surface area (Å²) in [4.78, 5) is 14.8. The number of ether oxygens (including phenoxy) is 1. The number of carbonyl (C=O) groups excluding carboxylic acids is 1. The summed E-state index contributed by atoms with van der Waals surface area (Å²) in [6.07, 6.45) is 2.88. The molecule has 88 valence electrons. The first-order chi connectivity index (χ1) is 8.33. The van der Waals surface area contributed by atoms with Crippen LogP contribution in [0.3, 0.4) is 0 Å². The molecule has 0 aliphatic rings. The van der Waals surface area contributed by atoms with Gasteiger partial charge in [0.2, 0.25) is 0 Å². The third-order valence-electron chi connectivity index (χ3n) is 2.29. The van der Waals surface area contributed by atoms with Gasteiger partial charge in [-0.2, -0.15) is 0 Å². The number of hydrogen-bond donors (Lipinski definition) is 2. The fraction of sp³-hybridized carbons (Fsp3) is 0.167. The average molecular weight is 231 g/mol. The van der Waals surface area contributed by atoms with E-state index >= 15 is 0 Å². The number of para-hydroxylation sites is 1. The lowest BCUT2D eigenvalue weighted by molar-refractivity contribution is 0.0955. The number of aromatic nitrogens is 1. The highest BCUT2D eigenvalue weighted by Crippen LogP contribution is 2.17. The summed E-state index contributed by atoms with van der Waals surface area (Å²) < 4.78 is 4.87. The molecule has 0 fully saturated rings. The number of hydrogen-bond acceptors (Lipinski definition) is 3. The Morgan fingerprint density at radius 2 is 2.35 bits per heavy atom. The van der Waals surface area contributed by atoms with Crippen LogP contribution in [-0.4, -0.2) is 23.9 Å². The highest BCUT2D eigenvalue weighted by atomic mass is 16.5. The summed E-state index contributed by atoms with van der Waals surface area (Å²) >= 11 is 0. The first-order valence-corrected chi connectivity index (χ1v) is 5.32. The van der Waals surface area contributed by atoms with E-state index in [9.17, 15) is 4.79 Å². The van der Waals surface area contributed by atoms with E-state index < -0.39 is 0 Å². The van der Waals surface area contributed by atoms with Crippen LogP contribution in [0.5, 0.6) is 0 Å². The molecule has 1 aromatic heterocycles. The Kier molecular flexibility index (Phi) is 3.40. The van der Waals surface area contributed by atoms with Crippen LogP contribution >= 0.6 is 0 Å². The van der Waals surface area contributed by atoms with Gasteiger partial charge >= 0.3 is 0 Å². The van der Waals surface area contributed by atoms with Gasteiger partial charge in [0.15, 0.2) is 6.40 Å². The van der Waals surface area contributed by atoms with Crippen molar-refractivity contribution in [2.24, 2.45) is 5.10 Å². The highest BCUT2D eigenvalue weighted by Gasteiger charge is 2.10. The number of rotatable bonds is 4. The Morgan fingerprint density at radius 1 is 1.53 bits per heavy atom. The molecular formula is C12H13N3O2. The van der Waals surface area contributed by atoms with Crippen molar-refractivity contribution in [2.45, 2.75) is 6.92 Å². The predicted molar refractivity (Wildman–Crippen MR) is 65.9 cm³/mol. The Labute approximate surface area is 98.5 Å². The van der Waals surface area contributed by atoms with Gasteiger partial charge in [-0.1, -0.05) is 18.2 Å². The zero-order chi connectivity index (χ0) is 12.1. The maximum Gasteiger partial charge on any atom is 0.273 e. The molecule has 0 saturated heterocycles. The van der Waals surface area contributed by atoms with E-state index in [1.165, 1.54) is 6.40 Å². The molecule has 1 amide bonds. The van der Waals surface area contributed by atoms with Crippen molar-refractivity contribution in [1.29, 1.82) is 0 Å². The zero-order valence-corrected chi connectivity index (χ0v) is 9.43. The molecule has 17 heavy (non-hydrogen) atoms. The van der Waals surface area contributed by atoms with E-state index in [0.717, 1.165) is 10.9 Å². The second kappa shape index (κ2) is 5.16. The molecule has 1 aromatic carbocycles. The minimum Gasteiger partial charge on any atom is -0.482 e. The molecule has 0 aliphatic heterocycles. The number of hydrazone groups is 1. The highest BCUT2D eigenvalue weighted by molar-refractivity contribution is 6.06. The molecule has 0 bridgehead atoms. The summed E-state index contributed by atoms with van der Waals surface area (Å²) in [7, 11) is 0. The number of aromatic amines is 1. The second-order valence-corrected chi connectivity index (χ2v) is 3.38. The molecule has 5 heteroatoms. The van der Waals surface area contributed by atoms with E-state index in [0.29, 0.717) is 12.2 Å². The maximum absolute atomic E-state index is 11.8. The van der Waals surface area contributed by atoms with Gasteiger partial charge in [-0.05, 0) is 13.0 Å². The molecule has 2 aromatic rings. The fourth-order valence-corrected chi connectivity index (χ4v) is 1.52. The van der Waals surface area contributed by atoms with Crippen LogP contribution in [0.25, 0.3) is 10.9 Å². The van der Waals surface area contributed by atoms with E-state index in [-0.39, 0.29) is 5.91 Å². The van der Waals surface area contributed by atoms with Gasteiger partial charge < -0.3 is 9.72 Å². The Hall–Kier alpha value is -2.30. The standard InChI is InChI=1S/C12H13N3O2/c1-2-17-8-14-15-12(16)10-7-13-11-6-4-3-5-9(10)11/h3-8,13H,2H2,1H3,(H,15,16)/b14-8+. The summed E-state index contributed by atoms with van der Waals surface area (Å²) in [5.41, 5.74) is 3.88. The molecule has 0 saturated carbocycles. The van der Waals surface area contributed by atoms with E-state index in [1.54, 1.807) is 6.20 Å². The number of amides is 1. The van der Waals surface area contributed by atoms with Gasteiger partial charge in [0.1, 0.15) is 0 Å². The molecule has 0 aliphatic carbocycles. The lowest BCUT2D eigenvalue weighted by Gasteiger charge is -1.97. The van der Waals surface area contributed by atoms with Crippen molar-refractivity contribution < 1.29 is 9.53 Å². The summed E-state index contributed by atoms with van der Waals surface area (Å²) in [6.45, 7) is 2.36. The van der Waals surface area contributed by atoms with Crippen molar-refractivity contribution >= 4 is 23.2 Å². The number of H-pyrrole nitrogens is 1. The molecule has 0 atom stereocenters. The van der Waals surface area contributed by atoms with Crippen LogP contribution < -0.4 is 5.43 Å². The smallest absolute Gasteiger partial charge is 0.273 e. The first kappa shape index (κ1) is 11.2. The average Bonchev–Trinajstić information content (AvgIpc) is 2.78. The molecule has 0 spiro atoms. The quantitative estimate of drug-likeness (QED) is 0.479. The third-order valence-corrected chi connectivity index (χ3v) is 2.29. The minimum atomic E-state index is -0.265. The molecule has 1 heterocycles. The lowest BCUT2D eigenvalue weighted by Crippen LogP contribution is -2.17. The van der Waals surface area contributed by atoms with Crippen LogP contribution in [-0.2, 0) is 4.74 Å². The second-order valence-electron chi connectivity index (χ2n) is 3.38. The summed E-state index contributed by atoms with van der Waals surface area (Å²) in [5, 5.41) is 4.54. The van der Waals surface area contributed by atoms with Crippen LogP contribution in [0, 0.1) is 0 Å². The van der Waals surface area contributed by atoms with Gasteiger partial charge in [-0.15, -0.1) is 5.10 Å². The van der Waals surface area contributed by atoms with Gasteiger partial charge in [0, 0.05) is 17.1 Å². The first-order valence-electron chi connectivity index (χ1n) is 5.32. The number of nitrogens with one attached hydrogen (secondary N) is 2. The third kappa shape index (κ3) is 2.44. The maximum atomic E-state index is 11.8. The fourth-order valence-electron chi connectivity index (χ4n) is 1.52. The summed E-state index contributed by atoms with van der Waals surface area (Å²) in [5.74, 6) is -0.265. The Balaban J connectivity index is 2.14. The van der Waals surface area contributed by atoms with Crippen molar-refractivity contribution in [3.05, 3.63) is 36.0 Å². The van der Waals surface area contributed by atoms with Crippen LogP contribution in [0.2, 0.25) is 0 Å². The Bertz CT molecular complexity index is 545. The van der Waals surface area contributed by atoms with Gasteiger partial charge in [0.25, 0.3) is 5.91 Å². The Morgan fingerprint density at radius 3 is 3.18 bits per heavy atom. The van der Waals surface area contributed by atoms with Crippen molar-refractivity contribution in [3.8, 4) is 0 Å². The van der Waals surface area contributed by atoms with Gasteiger partial charge in [-0.3, -0.25) is 4.79 Å². The minimum absolute atomic E-state index is 0.265. The number of fused-ring (bicyclic) bond motifs is 1. The number of carbonyl (C=O) groups is 1. The van der Waals surface area contributed by atoms with Crippen LogP contribution in [0.15, 0.2) is 35.6 Å². The van der Waals surface area contributed by atoms with Crippen molar-refractivity contribution in [1.82, 2.24) is 10.4 Å². The van der Waals surface area contributed by atoms with Crippen molar-refractivity contribution in [2.75, 3.05) is 6.61 Å². The lowest BCUT2D eigenvalue weighted by atomic mass is 10.2. The normalized spacial score (nSPS) is 10.9. The van der Waals surface area contributed by atoms with E-state index in [1.807, 2.05) is 31.2 Å². The number of nitrogens with zero attached hydrogens (tertiary/aromatic N) is 1. The largest absolute Gasteiger partial charge is 0.482 e. The zero-order valence-electron chi connectivity index (χ0n) is 9.43. The van der Waals surface area contributed by atoms with E-state index in [2.05, 4.69) is 15.5 Å². The molecule has 2 N–H and O–H groups in total.